The van der Waals surface area contributed by atoms with E-state index in [4.69, 9.17) is 0 Å². The Labute approximate surface area is 97.3 Å². The van der Waals surface area contributed by atoms with Crippen LogP contribution in [0.15, 0.2) is 12.1 Å². The standard InChI is InChI=1S/C11H18BN3O/c1-2-14-5-7-15(8-6-14)10-4-3-9(16)11(12)13-10/h3-4,16H,2,5-8,12H2,1H3. The molecule has 2 heterocycles. The Bertz CT molecular complexity index is 364. The van der Waals surface area contributed by atoms with E-state index in [0.717, 1.165) is 38.5 Å². The van der Waals surface area contributed by atoms with Crippen LogP contribution >= 0.6 is 0 Å². The molecule has 1 aromatic heterocycles. The Hall–Kier alpha value is -1.23. The van der Waals surface area contributed by atoms with Gasteiger partial charge in [0.2, 0.25) is 0 Å². The second kappa shape index (κ2) is 4.74. The molecule has 86 valence electrons. The largest absolute Gasteiger partial charge is 0.507 e. The maximum Gasteiger partial charge on any atom is 0.169 e. The van der Waals surface area contributed by atoms with Crippen LogP contribution in [0.1, 0.15) is 6.92 Å². The number of piperazine rings is 1. The third-order valence-electron chi connectivity index (χ3n) is 3.19. The van der Waals surface area contributed by atoms with Crippen LogP contribution < -0.4 is 10.5 Å². The lowest BCUT2D eigenvalue weighted by molar-refractivity contribution is 0.270. The highest BCUT2D eigenvalue weighted by atomic mass is 16.3. The van der Waals surface area contributed by atoms with Crippen LogP contribution in [0, 0.1) is 0 Å². The lowest BCUT2D eigenvalue weighted by Gasteiger charge is -2.34. The molecule has 1 N–H and O–H groups in total. The molecule has 1 saturated heterocycles. The summed E-state index contributed by atoms with van der Waals surface area (Å²) in [5.74, 6) is 1.25. The molecule has 2 rings (SSSR count). The van der Waals surface area contributed by atoms with Crippen LogP contribution in [-0.2, 0) is 0 Å². The smallest absolute Gasteiger partial charge is 0.169 e. The number of aromatic hydroxyl groups is 1. The predicted octanol–water partition coefficient (Wildman–Crippen LogP) is -0.812. The fraction of sp³-hybridized carbons (Fsp3) is 0.545. The molecule has 0 bridgehead atoms. The first-order valence-electron chi connectivity index (χ1n) is 5.84. The molecule has 1 fully saturated rings. The molecular weight excluding hydrogens is 201 g/mol. The van der Waals surface area contributed by atoms with Gasteiger partial charge in [-0.3, -0.25) is 0 Å². The van der Waals surface area contributed by atoms with Crippen molar-refractivity contribution < 1.29 is 5.11 Å². The van der Waals surface area contributed by atoms with Gasteiger partial charge in [-0.1, -0.05) is 6.92 Å². The molecule has 0 atom stereocenters. The molecule has 0 aliphatic carbocycles. The van der Waals surface area contributed by atoms with Crippen molar-refractivity contribution in [1.29, 1.82) is 0 Å². The van der Waals surface area contributed by atoms with Gasteiger partial charge < -0.3 is 14.9 Å². The summed E-state index contributed by atoms with van der Waals surface area (Å²) >= 11 is 0. The average molecular weight is 219 g/mol. The van der Waals surface area contributed by atoms with E-state index in [9.17, 15) is 5.11 Å². The Kier molecular flexibility index (Phi) is 3.34. The number of nitrogens with zero attached hydrogens (tertiary/aromatic N) is 3. The van der Waals surface area contributed by atoms with Crippen molar-refractivity contribution in [3.05, 3.63) is 12.1 Å². The van der Waals surface area contributed by atoms with Crippen molar-refractivity contribution in [2.75, 3.05) is 37.6 Å². The first kappa shape index (κ1) is 11.3. The number of hydrogen-bond donors (Lipinski definition) is 1. The van der Waals surface area contributed by atoms with Gasteiger partial charge in [0.05, 0.1) is 0 Å². The molecule has 0 saturated carbocycles. The average Bonchev–Trinajstić information content (AvgIpc) is 2.33. The van der Waals surface area contributed by atoms with Gasteiger partial charge in [-0.25, -0.2) is 4.98 Å². The zero-order valence-electron chi connectivity index (χ0n) is 9.98. The topological polar surface area (TPSA) is 39.6 Å². The number of pyridine rings is 1. The summed E-state index contributed by atoms with van der Waals surface area (Å²) in [6.07, 6.45) is 0. The maximum atomic E-state index is 9.43. The molecule has 1 aliphatic rings. The molecule has 0 amide bonds. The van der Waals surface area contributed by atoms with E-state index in [1.165, 1.54) is 0 Å². The van der Waals surface area contributed by atoms with Gasteiger partial charge in [-0.15, -0.1) is 0 Å². The van der Waals surface area contributed by atoms with Crippen LogP contribution in [0.4, 0.5) is 5.82 Å². The minimum atomic E-state index is 0.274. The van der Waals surface area contributed by atoms with E-state index in [-0.39, 0.29) is 5.75 Å². The molecule has 0 unspecified atom stereocenters. The third kappa shape index (κ3) is 2.30. The first-order chi connectivity index (χ1) is 7.70. The summed E-state index contributed by atoms with van der Waals surface area (Å²) in [7, 11) is 1.83. The summed E-state index contributed by atoms with van der Waals surface area (Å²) in [4.78, 5) is 9.12. The van der Waals surface area contributed by atoms with E-state index in [1.54, 1.807) is 6.07 Å². The Morgan fingerprint density at radius 2 is 2.00 bits per heavy atom. The van der Waals surface area contributed by atoms with Crippen molar-refractivity contribution in [3.8, 4) is 5.75 Å². The maximum absolute atomic E-state index is 9.43. The minimum Gasteiger partial charge on any atom is -0.507 e. The van der Waals surface area contributed by atoms with Gasteiger partial charge in [-0.05, 0) is 18.7 Å². The van der Waals surface area contributed by atoms with E-state index in [2.05, 4.69) is 21.7 Å². The number of likely N-dealkylation sites (N-methyl/N-ethyl adjacent to an activating group) is 1. The van der Waals surface area contributed by atoms with Gasteiger partial charge in [0, 0.05) is 31.8 Å². The summed E-state index contributed by atoms with van der Waals surface area (Å²) in [6.45, 7) is 7.54. The number of aromatic nitrogens is 1. The highest BCUT2D eigenvalue weighted by Gasteiger charge is 2.16. The molecule has 1 aliphatic heterocycles. The van der Waals surface area contributed by atoms with Gasteiger partial charge in [0.25, 0.3) is 0 Å². The van der Waals surface area contributed by atoms with Crippen LogP contribution in [0.3, 0.4) is 0 Å². The normalized spacial score (nSPS) is 17.7. The van der Waals surface area contributed by atoms with Crippen molar-refractivity contribution in [1.82, 2.24) is 9.88 Å². The summed E-state index contributed by atoms with van der Waals surface area (Å²) in [6, 6.07) is 3.62. The molecule has 16 heavy (non-hydrogen) atoms. The monoisotopic (exact) mass is 219 g/mol. The van der Waals surface area contributed by atoms with Gasteiger partial charge in [0.15, 0.2) is 7.85 Å². The third-order valence-corrected chi connectivity index (χ3v) is 3.19. The molecule has 0 aromatic carbocycles. The molecule has 0 radical (unpaired) electrons. The zero-order valence-corrected chi connectivity index (χ0v) is 9.98. The lowest BCUT2D eigenvalue weighted by Crippen LogP contribution is -2.46. The second-order valence-electron chi connectivity index (χ2n) is 4.20. The summed E-state index contributed by atoms with van der Waals surface area (Å²) < 4.78 is 0. The Morgan fingerprint density at radius 1 is 1.31 bits per heavy atom. The second-order valence-corrected chi connectivity index (χ2v) is 4.20. The van der Waals surface area contributed by atoms with Crippen molar-refractivity contribution in [2.24, 2.45) is 0 Å². The highest BCUT2D eigenvalue weighted by molar-refractivity contribution is 6.32. The van der Waals surface area contributed by atoms with Crippen LogP contribution in [0.2, 0.25) is 0 Å². The SMILES string of the molecule is Bc1nc(N2CCN(CC)CC2)ccc1O. The molecule has 0 spiro atoms. The Morgan fingerprint density at radius 3 is 2.56 bits per heavy atom. The van der Waals surface area contributed by atoms with Gasteiger partial charge in [-0.2, -0.15) is 0 Å². The van der Waals surface area contributed by atoms with E-state index in [1.807, 2.05) is 13.9 Å². The summed E-state index contributed by atoms with van der Waals surface area (Å²) in [5.41, 5.74) is 0.704. The Balaban J connectivity index is 2.05. The minimum absolute atomic E-state index is 0.274. The summed E-state index contributed by atoms with van der Waals surface area (Å²) in [5, 5.41) is 9.43. The van der Waals surface area contributed by atoms with Crippen molar-refractivity contribution in [3.63, 3.8) is 0 Å². The quantitative estimate of drug-likeness (QED) is 0.660. The van der Waals surface area contributed by atoms with Gasteiger partial charge in [0.1, 0.15) is 11.6 Å². The van der Waals surface area contributed by atoms with Crippen LogP contribution in [0.25, 0.3) is 0 Å². The lowest BCUT2D eigenvalue weighted by atomic mass is 10.0. The zero-order chi connectivity index (χ0) is 11.5. The number of hydrogen-bond acceptors (Lipinski definition) is 4. The molecule has 4 nitrogen and oxygen atoms in total. The van der Waals surface area contributed by atoms with Gasteiger partial charge >= 0.3 is 0 Å². The van der Waals surface area contributed by atoms with Crippen molar-refractivity contribution >= 4 is 19.3 Å². The van der Waals surface area contributed by atoms with E-state index >= 15 is 0 Å². The number of anilines is 1. The van der Waals surface area contributed by atoms with E-state index in [0.29, 0.717) is 5.59 Å². The van der Waals surface area contributed by atoms with Crippen molar-refractivity contribution in [2.45, 2.75) is 6.92 Å². The number of rotatable bonds is 2. The van der Waals surface area contributed by atoms with E-state index < -0.39 is 0 Å². The van der Waals surface area contributed by atoms with Crippen LogP contribution in [-0.4, -0.2) is 55.6 Å². The molecule has 1 aromatic rings. The first-order valence-corrected chi connectivity index (χ1v) is 5.84. The highest BCUT2D eigenvalue weighted by Crippen LogP contribution is 2.14. The predicted molar refractivity (Wildman–Crippen MR) is 68.4 cm³/mol. The fourth-order valence-electron chi connectivity index (χ4n) is 2.01. The molecular formula is C11H18BN3O. The fourth-order valence-corrected chi connectivity index (χ4v) is 2.01. The van der Waals surface area contributed by atoms with Crippen LogP contribution in [0.5, 0.6) is 5.75 Å². The molecule has 5 heteroatoms.